The first-order valence-corrected chi connectivity index (χ1v) is 8.07. The van der Waals surface area contributed by atoms with E-state index in [2.05, 4.69) is 19.2 Å². The Morgan fingerprint density at radius 3 is 2.12 bits per heavy atom. The summed E-state index contributed by atoms with van der Waals surface area (Å²) in [6, 6.07) is 0. The summed E-state index contributed by atoms with van der Waals surface area (Å²) < 4.78 is 0. The van der Waals surface area contributed by atoms with Crippen LogP contribution in [0.25, 0.3) is 0 Å². The van der Waals surface area contributed by atoms with Crippen LogP contribution in [0, 0.1) is 11.8 Å². The zero-order chi connectivity index (χ0) is 12.3. The summed E-state index contributed by atoms with van der Waals surface area (Å²) in [5, 5.41) is 3.65. The third kappa shape index (κ3) is 7.08. The standard InChI is InChI=1S/C16H33N/c1-3-5-7-13-17-14-16-11-9-15(10-12-16)8-6-4-2/h15-17H,3-14H2,1-2H3. The summed E-state index contributed by atoms with van der Waals surface area (Å²) in [6.07, 6.45) is 14.4. The number of hydrogen-bond acceptors (Lipinski definition) is 1. The molecule has 0 aromatic rings. The predicted octanol–water partition coefficient (Wildman–Crippen LogP) is 4.76. The van der Waals surface area contributed by atoms with Gasteiger partial charge in [-0.2, -0.15) is 0 Å². The minimum atomic E-state index is 0.981. The first-order chi connectivity index (χ1) is 8.36. The number of rotatable bonds is 9. The summed E-state index contributed by atoms with van der Waals surface area (Å²) in [5.41, 5.74) is 0. The van der Waals surface area contributed by atoms with Crippen LogP contribution >= 0.6 is 0 Å². The lowest BCUT2D eigenvalue weighted by atomic mass is 9.80. The highest BCUT2D eigenvalue weighted by Crippen LogP contribution is 2.31. The van der Waals surface area contributed by atoms with Gasteiger partial charge in [0.2, 0.25) is 0 Å². The van der Waals surface area contributed by atoms with Crippen molar-refractivity contribution in [3.05, 3.63) is 0 Å². The Hall–Kier alpha value is -0.0400. The number of nitrogens with one attached hydrogen (secondary N) is 1. The number of hydrogen-bond donors (Lipinski definition) is 1. The molecule has 1 nitrogen and oxygen atoms in total. The second kappa shape index (κ2) is 9.94. The molecule has 0 spiro atoms. The van der Waals surface area contributed by atoms with Crippen LogP contribution < -0.4 is 5.32 Å². The summed E-state index contributed by atoms with van der Waals surface area (Å²) in [6.45, 7) is 7.11. The van der Waals surface area contributed by atoms with E-state index in [1.54, 1.807) is 0 Å². The van der Waals surface area contributed by atoms with Gasteiger partial charge in [-0.3, -0.25) is 0 Å². The van der Waals surface area contributed by atoms with E-state index in [0.29, 0.717) is 0 Å². The zero-order valence-electron chi connectivity index (χ0n) is 12.1. The van der Waals surface area contributed by atoms with Crippen LogP contribution in [-0.4, -0.2) is 13.1 Å². The van der Waals surface area contributed by atoms with Gasteiger partial charge < -0.3 is 5.32 Å². The Morgan fingerprint density at radius 2 is 1.47 bits per heavy atom. The molecule has 0 atom stereocenters. The predicted molar refractivity (Wildman–Crippen MR) is 77.4 cm³/mol. The van der Waals surface area contributed by atoms with E-state index < -0.39 is 0 Å². The highest BCUT2D eigenvalue weighted by molar-refractivity contribution is 4.74. The van der Waals surface area contributed by atoms with Gasteiger partial charge in [-0.05, 0) is 44.2 Å². The second-order valence-electron chi connectivity index (χ2n) is 5.94. The zero-order valence-corrected chi connectivity index (χ0v) is 12.1. The molecule has 0 aliphatic heterocycles. The van der Waals surface area contributed by atoms with Crippen molar-refractivity contribution in [1.29, 1.82) is 0 Å². The summed E-state index contributed by atoms with van der Waals surface area (Å²) in [5.74, 6) is 2.04. The molecular weight excluding hydrogens is 206 g/mol. The Kier molecular flexibility index (Phi) is 8.78. The Bertz CT molecular complexity index is 156. The van der Waals surface area contributed by atoms with Crippen molar-refractivity contribution < 1.29 is 0 Å². The van der Waals surface area contributed by atoms with Crippen LogP contribution in [0.15, 0.2) is 0 Å². The van der Waals surface area contributed by atoms with Gasteiger partial charge in [-0.25, -0.2) is 0 Å². The minimum Gasteiger partial charge on any atom is -0.316 e. The summed E-state index contributed by atoms with van der Waals surface area (Å²) >= 11 is 0. The van der Waals surface area contributed by atoms with Crippen LogP contribution in [0.4, 0.5) is 0 Å². The smallest absolute Gasteiger partial charge is 0.00205 e. The first-order valence-electron chi connectivity index (χ1n) is 8.07. The Balaban J connectivity index is 1.95. The summed E-state index contributed by atoms with van der Waals surface area (Å²) in [4.78, 5) is 0. The van der Waals surface area contributed by atoms with E-state index in [1.165, 1.54) is 77.3 Å². The second-order valence-corrected chi connectivity index (χ2v) is 5.94. The third-order valence-electron chi connectivity index (χ3n) is 4.32. The first kappa shape index (κ1) is 15.0. The number of unbranched alkanes of at least 4 members (excludes halogenated alkanes) is 3. The average molecular weight is 239 g/mol. The van der Waals surface area contributed by atoms with E-state index in [-0.39, 0.29) is 0 Å². The van der Waals surface area contributed by atoms with Crippen molar-refractivity contribution in [1.82, 2.24) is 5.32 Å². The lowest BCUT2D eigenvalue weighted by Gasteiger charge is -2.28. The fourth-order valence-electron chi connectivity index (χ4n) is 3.02. The Morgan fingerprint density at radius 1 is 0.824 bits per heavy atom. The highest BCUT2D eigenvalue weighted by Gasteiger charge is 2.20. The SMILES string of the molecule is CCCCCNCC1CCC(CCCC)CC1. The molecule has 1 aliphatic carbocycles. The van der Waals surface area contributed by atoms with Crippen LogP contribution in [0.1, 0.15) is 78.1 Å². The summed E-state index contributed by atoms with van der Waals surface area (Å²) in [7, 11) is 0. The molecule has 0 aromatic carbocycles. The molecule has 102 valence electrons. The molecule has 17 heavy (non-hydrogen) atoms. The molecule has 1 saturated carbocycles. The van der Waals surface area contributed by atoms with E-state index in [9.17, 15) is 0 Å². The average Bonchev–Trinajstić information content (AvgIpc) is 2.37. The van der Waals surface area contributed by atoms with Crippen molar-refractivity contribution in [2.45, 2.75) is 78.1 Å². The van der Waals surface area contributed by atoms with E-state index >= 15 is 0 Å². The maximum absolute atomic E-state index is 3.65. The molecule has 1 fully saturated rings. The van der Waals surface area contributed by atoms with Crippen molar-refractivity contribution in [3.8, 4) is 0 Å². The quantitative estimate of drug-likeness (QED) is 0.572. The fraction of sp³-hybridized carbons (Fsp3) is 1.00. The molecule has 0 saturated heterocycles. The van der Waals surface area contributed by atoms with E-state index in [0.717, 1.165) is 11.8 Å². The van der Waals surface area contributed by atoms with E-state index in [4.69, 9.17) is 0 Å². The van der Waals surface area contributed by atoms with Gasteiger partial charge in [0.1, 0.15) is 0 Å². The molecule has 0 heterocycles. The Labute approximate surface area is 109 Å². The highest BCUT2D eigenvalue weighted by atomic mass is 14.9. The molecule has 0 bridgehead atoms. The molecule has 0 amide bonds. The van der Waals surface area contributed by atoms with Gasteiger partial charge >= 0.3 is 0 Å². The molecule has 0 unspecified atom stereocenters. The largest absolute Gasteiger partial charge is 0.316 e. The van der Waals surface area contributed by atoms with Gasteiger partial charge in [0.15, 0.2) is 0 Å². The van der Waals surface area contributed by atoms with Crippen LogP contribution in [0.5, 0.6) is 0 Å². The lowest BCUT2D eigenvalue weighted by Crippen LogP contribution is -2.27. The molecule has 0 aromatic heterocycles. The molecule has 1 aliphatic rings. The maximum atomic E-state index is 3.65. The lowest BCUT2D eigenvalue weighted by molar-refractivity contribution is 0.253. The normalized spacial score (nSPS) is 25.1. The maximum Gasteiger partial charge on any atom is -0.00205 e. The van der Waals surface area contributed by atoms with Crippen LogP contribution in [0.3, 0.4) is 0 Å². The molecular formula is C16H33N. The molecule has 1 heteroatoms. The third-order valence-corrected chi connectivity index (χ3v) is 4.32. The molecule has 1 rings (SSSR count). The van der Waals surface area contributed by atoms with Gasteiger partial charge in [0.05, 0.1) is 0 Å². The van der Waals surface area contributed by atoms with Crippen molar-refractivity contribution in [2.75, 3.05) is 13.1 Å². The van der Waals surface area contributed by atoms with Gasteiger partial charge in [0.25, 0.3) is 0 Å². The fourth-order valence-corrected chi connectivity index (χ4v) is 3.02. The van der Waals surface area contributed by atoms with Crippen molar-refractivity contribution in [2.24, 2.45) is 11.8 Å². The van der Waals surface area contributed by atoms with Crippen LogP contribution in [-0.2, 0) is 0 Å². The van der Waals surface area contributed by atoms with Gasteiger partial charge in [0, 0.05) is 0 Å². The van der Waals surface area contributed by atoms with Gasteiger partial charge in [-0.1, -0.05) is 58.8 Å². The van der Waals surface area contributed by atoms with E-state index in [1.807, 2.05) is 0 Å². The molecule has 1 N–H and O–H groups in total. The van der Waals surface area contributed by atoms with Gasteiger partial charge in [-0.15, -0.1) is 0 Å². The minimum absolute atomic E-state index is 0.981. The van der Waals surface area contributed by atoms with Crippen LogP contribution in [0.2, 0.25) is 0 Å². The van der Waals surface area contributed by atoms with Crippen molar-refractivity contribution in [3.63, 3.8) is 0 Å². The molecule has 0 radical (unpaired) electrons. The van der Waals surface area contributed by atoms with Crippen molar-refractivity contribution >= 4 is 0 Å². The monoisotopic (exact) mass is 239 g/mol. The topological polar surface area (TPSA) is 12.0 Å².